The lowest BCUT2D eigenvalue weighted by atomic mass is 10.1. The molecule has 6 nitrogen and oxygen atoms in total. The number of hydrogen-bond donors (Lipinski definition) is 0. The molecule has 1 aromatic carbocycles. The summed E-state index contributed by atoms with van der Waals surface area (Å²) in [6, 6.07) is 6.26. The lowest BCUT2D eigenvalue weighted by molar-refractivity contribution is 0.196. The first kappa shape index (κ1) is 17.3. The highest BCUT2D eigenvalue weighted by Crippen LogP contribution is 2.19. The van der Waals surface area contributed by atoms with Crippen molar-refractivity contribution in [1.29, 1.82) is 0 Å². The molecule has 1 fully saturated rings. The van der Waals surface area contributed by atoms with Crippen LogP contribution in [0.4, 0.5) is 0 Å². The molecule has 1 aliphatic rings. The third-order valence-electron chi connectivity index (χ3n) is 4.55. The molecule has 24 heavy (non-hydrogen) atoms. The molecule has 3 rings (SSSR count). The van der Waals surface area contributed by atoms with Gasteiger partial charge in [-0.3, -0.25) is 9.47 Å². The second-order valence-corrected chi connectivity index (χ2v) is 9.12. The molecule has 0 N–H and O–H groups in total. The number of benzene rings is 1. The maximum Gasteiger partial charge on any atom is 0.203 e. The summed E-state index contributed by atoms with van der Waals surface area (Å²) in [5.41, 5.74) is 3.32. The Labute approximate surface area is 147 Å². The van der Waals surface area contributed by atoms with Crippen LogP contribution in [0, 0.1) is 18.6 Å². The molecule has 2 aromatic rings. The number of rotatable bonds is 4. The Morgan fingerprint density at radius 2 is 2.12 bits per heavy atom. The Hall–Kier alpha value is -1.51. The van der Waals surface area contributed by atoms with Gasteiger partial charge in [-0.25, -0.2) is 13.1 Å². The summed E-state index contributed by atoms with van der Waals surface area (Å²) in [5, 5.41) is 4.39. The Kier molecular flexibility index (Phi) is 4.63. The summed E-state index contributed by atoms with van der Waals surface area (Å²) in [6.07, 6.45) is 2.40. The molecule has 0 amide bonds. The molecular weight excluding hydrogens is 344 g/mol. The molecule has 0 bridgehead atoms. The molecule has 1 aliphatic heterocycles. The van der Waals surface area contributed by atoms with E-state index >= 15 is 0 Å². The van der Waals surface area contributed by atoms with Crippen LogP contribution >= 0.6 is 12.2 Å². The highest BCUT2D eigenvalue weighted by atomic mass is 32.2. The van der Waals surface area contributed by atoms with Crippen molar-refractivity contribution in [3.63, 3.8) is 0 Å². The third kappa shape index (κ3) is 3.45. The van der Waals surface area contributed by atoms with Gasteiger partial charge in [-0.1, -0.05) is 12.1 Å². The van der Waals surface area contributed by atoms with Crippen LogP contribution in [-0.2, 0) is 16.5 Å². The van der Waals surface area contributed by atoms with Crippen molar-refractivity contribution in [3.05, 3.63) is 40.4 Å². The van der Waals surface area contributed by atoms with E-state index in [1.165, 1.54) is 5.56 Å². The lowest BCUT2D eigenvalue weighted by Crippen LogP contribution is -2.34. The molecule has 0 aliphatic carbocycles. The molecule has 1 atom stereocenters. The molecule has 1 aromatic heterocycles. The van der Waals surface area contributed by atoms with Crippen molar-refractivity contribution in [2.75, 3.05) is 18.6 Å². The predicted octanol–water partition coefficient (Wildman–Crippen LogP) is 2.10. The van der Waals surface area contributed by atoms with Gasteiger partial charge in [0.05, 0.1) is 23.9 Å². The maximum absolute atomic E-state index is 11.6. The number of nitrogens with zero attached hydrogens (tertiary/aromatic N) is 4. The first-order valence-electron chi connectivity index (χ1n) is 7.89. The van der Waals surface area contributed by atoms with Crippen molar-refractivity contribution in [2.45, 2.75) is 33.0 Å². The smallest absolute Gasteiger partial charge is 0.203 e. The van der Waals surface area contributed by atoms with Gasteiger partial charge in [-0.15, -0.1) is 0 Å². The van der Waals surface area contributed by atoms with Gasteiger partial charge >= 0.3 is 0 Å². The Bertz CT molecular complexity index is 914. The van der Waals surface area contributed by atoms with Gasteiger partial charge in [0.1, 0.15) is 6.33 Å². The summed E-state index contributed by atoms with van der Waals surface area (Å²) < 4.78 is 27.5. The molecule has 0 radical (unpaired) electrons. The van der Waals surface area contributed by atoms with E-state index in [-0.39, 0.29) is 17.5 Å². The van der Waals surface area contributed by atoms with Gasteiger partial charge in [-0.05, 0) is 56.7 Å². The summed E-state index contributed by atoms with van der Waals surface area (Å²) in [5.74, 6) is 0.485. The summed E-state index contributed by atoms with van der Waals surface area (Å²) >= 11 is 5.57. The fourth-order valence-electron chi connectivity index (χ4n) is 3.03. The second kappa shape index (κ2) is 6.42. The normalized spacial score (nSPS) is 19.9. The molecule has 1 saturated heterocycles. The number of aryl methyl sites for hydroxylation is 2. The standard InChI is InChI=1S/C16H22N4O2S2/c1-12-4-5-13(2)15(8-12)19-10-17-20(16(19)23)11-18(3)14-6-7-24(21,22)9-14/h4-5,8,10,14H,6-7,9,11H2,1-3H3/t14-/m1/s1. The van der Waals surface area contributed by atoms with E-state index in [2.05, 4.69) is 23.3 Å². The molecule has 2 heterocycles. The van der Waals surface area contributed by atoms with Gasteiger partial charge in [0, 0.05) is 6.04 Å². The largest absolute Gasteiger partial charge is 0.283 e. The average Bonchev–Trinajstić information content (AvgIpc) is 3.05. The number of hydrogen-bond acceptors (Lipinski definition) is 5. The van der Waals surface area contributed by atoms with Crippen LogP contribution < -0.4 is 0 Å². The summed E-state index contributed by atoms with van der Waals surface area (Å²) in [6.45, 7) is 4.57. The Morgan fingerprint density at radius 3 is 2.79 bits per heavy atom. The highest BCUT2D eigenvalue weighted by molar-refractivity contribution is 7.91. The van der Waals surface area contributed by atoms with E-state index in [1.807, 2.05) is 30.4 Å². The Morgan fingerprint density at radius 1 is 1.38 bits per heavy atom. The Balaban J connectivity index is 1.83. The van der Waals surface area contributed by atoms with E-state index in [1.54, 1.807) is 11.0 Å². The monoisotopic (exact) mass is 366 g/mol. The minimum atomic E-state index is -2.89. The second-order valence-electron chi connectivity index (χ2n) is 6.53. The number of sulfone groups is 1. The minimum absolute atomic E-state index is 0.0303. The van der Waals surface area contributed by atoms with E-state index in [4.69, 9.17) is 12.2 Å². The van der Waals surface area contributed by atoms with E-state index in [0.29, 0.717) is 17.9 Å². The van der Waals surface area contributed by atoms with Crippen LogP contribution in [0.1, 0.15) is 17.5 Å². The van der Waals surface area contributed by atoms with Crippen molar-refractivity contribution in [3.8, 4) is 5.69 Å². The zero-order valence-corrected chi connectivity index (χ0v) is 15.8. The maximum atomic E-state index is 11.6. The minimum Gasteiger partial charge on any atom is -0.283 e. The molecular formula is C16H22N4O2S2. The van der Waals surface area contributed by atoms with Gasteiger partial charge in [-0.2, -0.15) is 5.10 Å². The summed E-state index contributed by atoms with van der Waals surface area (Å²) in [4.78, 5) is 2.01. The van der Waals surface area contributed by atoms with Crippen molar-refractivity contribution < 1.29 is 8.42 Å². The highest BCUT2D eigenvalue weighted by Gasteiger charge is 2.30. The molecule has 8 heteroatoms. The average molecular weight is 367 g/mol. The van der Waals surface area contributed by atoms with Gasteiger partial charge in [0.25, 0.3) is 0 Å². The predicted molar refractivity (Wildman–Crippen MR) is 96.7 cm³/mol. The van der Waals surface area contributed by atoms with Crippen LogP contribution in [0.2, 0.25) is 0 Å². The van der Waals surface area contributed by atoms with Crippen LogP contribution in [0.15, 0.2) is 24.5 Å². The first-order valence-corrected chi connectivity index (χ1v) is 10.1. The van der Waals surface area contributed by atoms with Crippen LogP contribution in [0.5, 0.6) is 0 Å². The van der Waals surface area contributed by atoms with E-state index < -0.39 is 9.84 Å². The van der Waals surface area contributed by atoms with Crippen molar-refractivity contribution >= 4 is 22.1 Å². The molecule has 0 unspecified atom stereocenters. The quantitative estimate of drug-likeness (QED) is 0.776. The fourth-order valence-corrected chi connectivity index (χ4v) is 5.08. The van der Waals surface area contributed by atoms with E-state index in [9.17, 15) is 8.42 Å². The van der Waals surface area contributed by atoms with Crippen molar-refractivity contribution in [2.24, 2.45) is 0 Å². The molecule has 0 spiro atoms. The van der Waals surface area contributed by atoms with Crippen LogP contribution in [0.3, 0.4) is 0 Å². The first-order chi connectivity index (χ1) is 11.3. The summed E-state index contributed by atoms with van der Waals surface area (Å²) in [7, 11) is -0.973. The lowest BCUT2D eigenvalue weighted by Gasteiger charge is -2.22. The zero-order valence-electron chi connectivity index (χ0n) is 14.1. The van der Waals surface area contributed by atoms with E-state index in [0.717, 1.165) is 11.3 Å². The van der Waals surface area contributed by atoms with Gasteiger partial charge in [0.2, 0.25) is 4.77 Å². The molecule has 0 saturated carbocycles. The third-order valence-corrected chi connectivity index (χ3v) is 6.70. The fraction of sp³-hybridized carbons (Fsp3) is 0.500. The van der Waals surface area contributed by atoms with Crippen molar-refractivity contribution in [1.82, 2.24) is 19.2 Å². The molecule has 130 valence electrons. The number of aromatic nitrogens is 3. The zero-order chi connectivity index (χ0) is 17.5. The van der Waals surface area contributed by atoms with Gasteiger partial charge < -0.3 is 0 Å². The van der Waals surface area contributed by atoms with Crippen LogP contribution in [0.25, 0.3) is 5.69 Å². The van der Waals surface area contributed by atoms with Gasteiger partial charge in [0.15, 0.2) is 9.84 Å². The SMILES string of the molecule is Cc1ccc(C)c(-n2cnn(CN(C)[C@@H]3CCS(=O)(=O)C3)c2=S)c1. The van der Waals surface area contributed by atoms with Crippen LogP contribution in [-0.4, -0.2) is 52.3 Å². The topological polar surface area (TPSA) is 60.1 Å².